The van der Waals surface area contributed by atoms with E-state index in [-0.39, 0.29) is 11.9 Å². The highest BCUT2D eigenvalue weighted by molar-refractivity contribution is 9.10. The van der Waals surface area contributed by atoms with Crippen molar-refractivity contribution in [2.45, 2.75) is 12.1 Å². The second kappa shape index (κ2) is 7.46. The number of fused-ring (bicyclic) bond motifs is 3. The third kappa shape index (κ3) is 3.12. The van der Waals surface area contributed by atoms with Gasteiger partial charge < -0.3 is 10.1 Å². The minimum absolute atomic E-state index is 0.295. The predicted molar refractivity (Wildman–Crippen MR) is 124 cm³/mol. The van der Waals surface area contributed by atoms with Gasteiger partial charge >= 0.3 is 0 Å². The number of ether oxygens (including phenoxy) is 1. The molecule has 4 aromatic rings. The Bertz CT molecular complexity index is 1390. The summed E-state index contributed by atoms with van der Waals surface area (Å²) < 4.78 is 23.1. The van der Waals surface area contributed by atoms with Crippen molar-refractivity contribution in [2.24, 2.45) is 0 Å². The summed E-state index contributed by atoms with van der Waals surface area (Å²) in [5.74, 6) is 1.02. The van der Waals surface area contributed by atoms with Crippen LogP contribution in [-0.2, 0) is 0 Å². The van der Waals surface area contributed by atoms with Gasteiger partial charge in [-0.2, -0.15) is 10.1 Å². The molecule has 0 saturated carbocycles. The molecule has 0 bridgehead atoms. The van der Waals surface area contributed by atoms with Crippen molar-refractivity contribution in [3.8, 4) is 5.75 Å². The van der Waals surface area contributed by atoms with Gasteiger partial charge in [0.25, 0.3) is 0 Å². The van der Waals surface area contributed by atoms with Crippen LogP contribution >= 0.6 is 27.5 Å². The van der Waals surface area contributed by atoms with Crippen LogP contribution in [0.25, 0.3) is 5.70 Å². The fourth-order valence-corrected chi connectivity index (χ4v) is 4.94. The highest BCUT2D eigenvalue weighted by Gasteiger charge is 2.41. The van der Waals surface area contributed by atoms with Crippen molar-refractivity contribution in [2.75, 3.05) is 5.32 Å². The Hall–Kier alpha value is -3.16. The van der Waals surface area contributed by atoms with E-state index in [0.717, 1.165) is 38.2 Å². The van der Waals surface area contributed by atoms with E-state index in [9.17, 15) is 4.39 Å². The van der Waals surface area contributed by atoms with E-state index in [2.05, 4.69) is 31.3 Å². The molecule has 2 atom stereocenters. The minimum atomic E-state index is -0.406. The topological polar surface area (TPSA) is 52.0 Å². The Morgan fingerprint density at radius 1 is 1.03 bits per heavy atom. The fraction of sp³-hybridized carbons (Fsp3) is 0.0833. The van der Waals surface area contributed by atoms with E-state index in [1.807, 2.05) is 42.5 Å². The molecule has 3 aromatic carbocycles. The number of hydrogen-bond acceptors (Lipinski definition) is 4. The van der Waals surface area contributed by atoms with E-state index in [4.69, 9.17) is 16.3 Å². The summed E-state index contributed by atoms with van der Waals surface area (Å²) in [5.41, 5.74) is 4.52. The molecular formula is C24H15BrClFN4O. The van der Waals surface area contributed by atoms with E-state index in [1.165, 1.54) is 18.5 Å². The largest absolute Gasteiger partial charge is 0.480 e. The lowest BCUT2D eigenvalue weighted by atomic mass is 9.84. The van der Waals surface area contributed by atoms with Crippen molar-refractivity contribution in [3.05, 3.63) is 111 Å². The normalized spacial score (nSPS) is 18.8. The Labute approximate surface area is 196 Å². The number of halogens is 3. The number of rotatable bonds is 2. The smallest absolute Gasteiger partial charge is 0.226 e. The van der Waals surface area contributed by atoms with Crippen LogP contribution in [0.15, 0.2) is 83.1 Å². The highest BCUT2D eigenvalue weighted by atomic mass is 79.9. The van der Waals surface area contributed by atoms with Gasteiger partial charge in [-0.05, 0) is 53.6 Å². The molecule has 1 N–H and O–H groups in total. The number of nitrogens with one attached hydrogen (secondary N) is 1. The quantitative estimate of drug-likeness (QED) is 0.340. The van der Waals surface area contributed by atoms with Gasteiger partial charge in [-0.3, -0.25) is 0 Å². The molecule has 8 heteroatoms. The number of aromatic nitrogens is 3. The molecule has 0 unspecified atom stereocenters. The molecule has 6 rings (SSSR count). The first-order valence-corrected chi connectivity index (χ1v) is 11.1. The Morgan fingerprint density at radius 3 is 2.69 bits per heavy atom. The molecule has 3 heterocycles. The molecule has 32 heavy (non-hydrogen) atoms. The standard InChI is InChI=1S/C24H15BrClFN4O/c25-15-3-1-2-14(10-15)23-20-21(18-11-16(26)6-9-19(18)32-23)30-24-28-12-29-31(24)22(20)13-4-7-17(27)8-5-13/h1-12,22-23H,(H,28,29,30)/t22-,23-/m1/s1. The Morgan fingerprint density at radius 2 is 1.88 bits per heavy atom. The molecule has 0 aliphatic carbocycles. The molecule has 0 spiro atoms. The summed E-state index contributed by atoms with van der Waals surface area (Å²) in [6.45, 7) is 0. The van der Waals surface area contributed by atoms with Crippen molar-refractivity contribution in [1.82, 2.24) is 14.8 Å². The van der Waals surface area contributed by atoms with Gasteiger partial charge in [0.05, 0.1) is 5.70 Å². The van der Waals surface area contributed by atoms with Gasteiger partial charge in [0, 0.05) is 20.6 Å². The minimum Gasteiger partial charge on any atom is -0.480 e. The summed E-state index contributed by atoms with van der Waals surface area (Å²) in [5, 5.41) is 8.51. The van der Waals surface area contributed by atoms with Crippen LogP contribution in [-0.4, -0.2) is 14.8 Å². The van der Waals surface area contributed by atoms with E-state index in [1.54, 1.807) is 16.8 Å². The highest BCUT2D eigenvalue weighted by Crippen LogP contribution is 2.51. The first kappa shape index (κ1) is 19.5. The Kier molecular flexibility index (Phi) is 4.55. The summed E-state index contributed by atoms with van der Waals surface area (Å²) in [7, 11) is 0. The third-order valence-corrected chi connectivity index (χ3v) is 6.44. The first-order valence-electron chi connectivity index (χ1n) is 9.96. The molecule has 0 fully saturated rings. The maximum Gasteiger partial charge on any atom is 0.226 e. The first-order chi connectivity index (χ1) is 15.6. The van der Waals surface area contributed by atoms with Crippen molar-refractivity contribution in [3.63, 3.8) is 0 Å². The molecule has 0 saturated heterocycles. The van der Waals surface area contributed by atoms with E-state index >= 15 is 0 Å². The zero-order valence-electron chi connectivity index (χ0n) is 16.5. The second-order valence-electron chi connectivity index (χ2n) is 7.63. The SMILES string of the molecule is Fc1ccc([C@@H]2C3=C(Nc4ncnn42)c2cc(Cl)ccc2O[C@@H]3c2cccc(Br)c2)cc1. The fourth-order valence-electron chi connectivity index (χ4n) is 4.35. The lowest BCUT2D eigenvalue weighted by Crippen LogP contribution is -2.32. The van der Waals surface area contributed by atoms with Gasteiger partial charge in [0.2, 0.25) is 5.95 Å². The average Bonchev–Trinajstić information content (AvgIpc) is 3.26. The zero-order chi connectivity index (χ0) is 21.8. The molecular weight excluding hydrogens is 495 g/mol. The van der Waals surface area contributed by atoms with E-state index in [0.29, 0.717) is 11.0 Å². The lowest BCUT2D eigenvalue weighted by Gasteiger charge is -2.39. The zero-order valence-corrected chi connectivity index (χ0v) is 18.8. The maximum absolute atomic E-state index is 13.7. The molecule has 0 radical (unpaired) electrons. The summed E-state index contributed by atoms with van der Waals surface area (Å²) in [6.07, 6.45) is 1.10. The van der Waals surface area contributed by atoms with Gasteiger partial charge in [-0.1, -0.05) is 51.8 Å². The van der Waals surface area contributed by atoms with Crippen LogP contribution in [0.5, 0.6) is 5.75 Å². The van der Waals surface area contributed by atoms with Crippen molar-refractivity contribution >= 4 is 39.2 Å². The number of anilines is 1. The molecule has 1 aromatic heterocycles. The maximum atomic E-state index is 13.7. The van der Waals surface area contributed by atoms with Crippen LogP contribution in [0.1, 0.15) is 28.8 Å². The molecule has 2 aliphatic heterocycles. The summed E-state index contributed by atoms with van der Waals surface area (Å²) in [4.78, 5) is 4.40. The second-order valence-corrected chi connectivity index (χ2v) is 8.98. The van der Waals surface area contributed by atoms with E-state index < -0.39 is 6.10 Å². The molecule has 5 nitrogen and oxygen atoms in total. The lowest BCUT2D eigenvalue weighted by molar-refractivity contribution is 0.223. The summed E-state index contributed by atoms with van der Waals surface area (Å²) >= 11 is 9.92. The molecule has 0 amide bonds. The van der Waals surface area contributed by atoms with Crippen LogP contribution in [0.3, 0.4) is 0 Å². The van der Waals surface area contributed by atoms with Crippen molar-refractivity contribution < 1.29 is 9.13 Å². The molecule has 2 aliphatic rings. The molecule has 158 valence electrons. The number of benzene rings is 3. The number of hydrogen-bond donors (Lipinski definition) is 1. The van der Waals surface area contributed by atoms with Gasteiger partial charge in [0.1, 0.15) is 30.0 Å². The number of nitrogens with zero attached hydrogens (tertiary/aromatic N) is 3. The van der Waals surface area contributed by atoms with Crippen LogP contribution in [0, 0.1) is 5.82 Å². The average molecular weight is 510 g/mol. The van der Waals surface area contributed by atoms with Crippen LogP contribution in [0.4, 0.5) is 10.3 Å². The van der Waals surface area contributed by atoms with Crippen LogP contribution in [0.2, 0.25) is 5.02 Å². The van der Waals surface area contributed by atoms with Gasteiger partial charge in [-0.15, -0.1) is 0 Å². The van der Waals surface area contributed by atoms with Gasteiger partial charge in [-0.25, -0.2) is 9.07 Å². The van der Waals surface area contributed by atoms with Crippen LogP contribution < -0.4 is 10.1 Å². The Balaban J connectivity index is 1.64. The van der Waals surface area contributed by atoms with Gasteiger partial charge in [0.15, 0.2) is 0 Å². The summed E-state index contributed by atoms with van der Waals surface area (Å²) in [6, 6.07) is 19.7. The monoisotopic (exact) mass is 508 g/mol. The predicted octanol–water partition coefficient (Wildman–Crippen LogP) is 6.39. The van der Waals surface area contributed by atoms with Crippen molar-refractivity contribution in [1.29, 1.82) is 0 Å². The third-order valence-electron chi connectivity index (χ3n) is 5.71.